The molecular formula is C23H26N4O4. The lowest BCUT2D eigenvalue weighted by Gasteiger charge is -2.29. The molecule has 2 aromatic carbocycles. The first kappa shape index (κ1) is 13.1. The van der Waals surface area contributed by atoms with Crippen molar-refractivity contribution in [2.75, 3.05) is 36.3 Å². The molecule has 1 atom stereocenters. The first-order valence-electron chi connectivity index (χ1n) is 13.4. The van der Waals surface area contributed by atoms with E-state index in [9.17, 15) is 14.7 Å². The van der Waals surface area contributed by atoms with Crippen LogP contribution in [0.5, 0.6) is 0 Å². The first-order chi connectivity index (χ1) is 17.8. The van der Waals surface area contributed by atoms with Crippen molar-refractivity contribution < 1.29 is 25.6 Å². The van der Waals surface area contributed by atoms with Crippen LogP contribution in [0.3, 0.4) is 0 Å². The number of morpholine rings is 1. The molecule has 0 saturated carbocycles. The SMILES string of the molecule is [2H]C1([2H])OC([2H])([2H])C([2H])([2H])N(c2nc3c([C@@H](C)Nc4ccccc4C(=O)O)cc(C)cc3c(=O)n2C)C1([2H])[2H]. The fraction of sp³-hybridized carbons (Fsp3) is 0.348. The molecule has 3 aromatic rings. The molecule has 1 fully saturated rings. The minimum atomic E-state index is -3.33. The molecule has 1 aliphatic rings. The van der Waals surface area contributed by atoms with Gasteiger partial charge < -0.3 is 20.1 Å². The van der Waals surface area contributed by atoms with Gasteiger partial charge in [-0.15, -0.1) is 0 Å². The Hall–Kier alpha value is -3.39. The van der Waals surface area contributed by atoms with Gasteiger partial charge in [-0.2, -0.15) is 0 Å². The summed E-state index contributed by atoms with van der Waals surface area (Å²) in [6.45, 7) is -9.85. The quantitative estimate of drug-likeness (QED) is 0.642. The maximum atomic E-state index is 13.5. The molecule has 2 heterocycles. The smallest absolute Gasteiger partial charge is 0.337 e. The second-order valence-corrected chi connectivity index (χ2v) is 7.11. The first-order valence-corrected chi connectivity index (χ1v) is 9.44. The molecule has 0 amide bonds. The molecule has 0 radical (unpaired) electrons. The van der Waals surface area contributed by atoms with E-state index >= 15 is 0 Å². The summed E-state index contributed by atoms with van der Waals surface area (Å²) in [5.41, 5.74) is 0.657. The number of aryl methyl sites for hydroxylation is 1. The number of hydrogen-bond donors (Lipinski definition) is 2. The standard InChI is InChI=1S/C23H26N4O4/c1-14-12-17(15(2)24-19-7-5-4-6-16(19)22(29)30)20-18(13-14)21(28)26(3)23(25-20)27-8-10-31-11-9-27/h4-7,12-13,15,24H,8-11H2,1-3H3,(H,29,30)/t15-/m1/s1/i8D2,9D2,10D2,11D2. The summed E-state index contributed by atoms with van der Waals surface area (Å²) >= 11 is 0. The topological polar surface area (TPSA) is 96.7 Å². The zero-order chi connectivity index (χ0) is 29.3. The number of nitrogens with zero attached hydrogens (tertiary/aromatic N) is 3. The normalized spacial score (nSPS) is 25.5. The molecule has 1 aromatic heterocycles. The molecule has 0 bridgehead atoms. The second-order valence-electron chi connectivity index (χ2n) is 7.11. The predicted molar refractivity (Wildman–Crippen MR) is 120 cm³/mol. The zero-order valence-electron chi connectivity index (χ0n) is 25.1. The van der Waals surface area contributed by atoms with Gasteiger partial charge in [0.05, 0.1) is 46.6 Å². The zero-order valence-corrected chi connectivity index (χ0v) is 17.1. The lowest BCUT2D eigenvalue weighted by Crippen LogP contribution is -2.40. The van der Waals surface area contributed by atoms with E-state index in [1.165, 1.54) is 19.2 Å². The van der Waals surface area contributed by atoms with Gasteiger partial charge >= 0.3 is 5.97 Å². The van der Waals surface area contributed by atoms with Gasteiger partial charge in [-0.1, -0.05) is 18.2 Å². The molecule has 4 rings (SSSR count). The lowest BCUT2D eigenvalue weighted by molar-refractivity contribution is 0.0698. The highest BCUT2D eigenvalue weighted by Gasteiger charge is 2.21. The van der Waals surface area contributed by atoms with Crippen LogP contribution >= 0.6 is 0 Å². The average Bonchev–Trinajstić information content (AvgIpc) is 2.80. The molecule has 31 heavy (non-hydrogen) atoms. The highest BCUT2D eigenvalue weighted by molar-refractivity contribution is 5.94. The Kier molecular flexibility index (Phi) is 3.55. The molecular weight excluding hydrogens is 396 g/mol. The number of ether oxygens (including phenoxy) is 1. The molecule has 0 unspecified atom stereocenters. The molecule has 1 aliphatic heterocycles. The summed E-state index contributed by atoms with van der Waals surface area (Å²) in [7, 11) is 1.20. The van der Waals surface area contributed by atoms with Crippen molar-refractivity contribution in [3.8, 4) is 0 Å². The second kappa shape index (κ2) is 8.39. The number of carboxylic acid groups (broad SMARTS) is 1. The summed E-state index contributed by atoms with van der Waals surface area (Å²) in [6, 6.07) is 8.76. The van der Waals surface area contributed by atoms with Crippen LogP contribution in [0.4, 0.5) is 11.6 Å². The summed E-state index contributed by atoms with van der Waals surface area (Å²) in [4.78, 5) is 29.8. The Morgan fingerprint density at radius 2 is 2.00 bits per heavy atom. The van der Waals surface area contributed by atoms with E-state index in [1.54, 1.807) is 38.1 Å². The summed E-state index contributed by atoms with van der Waals surface area (Å²) in [5.74, 6) is -1.82. The Bertz CT molecular complexity index is 1520. The molecule has 2 N–H and O–H groups in total. The third-order valence-corrected chi connectivity index (χ3v) is 4.94. The van der Waals surface area contributed by atoms with Crippen molar-refractivity contribution in [2.24, 2.45) is 7.05 Å². The highest BCUT2D eigenvalue weighted by atomic mass is 16.5. The Labute approximate surface area is 191 Å². The molecule has 0 aliphatic carbocycles. The van der Waals surface area contributed by atoms with Crippen LogP contribution in [0.2, 0.25) is 0 Å². The van der Waals surface area contributed by atoms with Gasteiger partial charge in [0, 0.05) is 31.3 Å². The summed E-state index contributed by atoms with van der Waals surface area (Å²) in [5, 5.41) is 12.7. The number of nitrogens with one attached hydrogen (secondary N) is 1. The van der Waals surface area contributed by atoms with Gasteiger partial charge in [0.25, 0.3) is 5.56 Å². The van der Waals surface area contributed by atoms with E-state index in [-0.39, 0.29) is 21.4 Å². The van der Waals surface area contributed by atoms with Crippen LogP contribution in [0.15, 0.2) is 41.2 Å². The molecule has 162 valence electrons. The molecule has 8 nitrogen and oxygen atoms in total. The van der Waals surface area contributed by atoms with Crippen LogP contribution in [0.1, 0.15) is 45.4 Å². The maximum absolute atomic E-state index is 13.5. The third kappa shape index (κ3) is 3.98. The van der Waals surface area contributed by atoms with Crippen molar-refractivity contribution in [1.29, 1.82) is 0 Å². The van der Waals surface area contributed by atoms with Crippen molar-refractivity contribution in [3.63, 3.8) is 0 Å². The van der Waals surface area contributed by atoms with Crippen LogP contribution in [-0.4, -0.2) is 46.7 Å². The van der Waals surface area contributed by atoms with Crippen LogP contribution < -0.4 is 15.8 Å². The maximum Gasteiger partial charge on any atom is 0.337 e. The Morgan fingerprint density at radius 3 is 2.71 bits per heavy atom. The summed E-state index contributed by atoms with van der Waals surface area (Å²) < 4.78 is 70.9. The van der Waals surface area contributed by atoms with Crippen molar-refractivity contribution in [3.05, 3.63) is 63.4 Å². The monoisotopic (exact) mass is 430 g/mol. The van der Waals surface area contributed by atoms with E-state index in [4.69, 9.17) is 11.0 Å². The fourth-order valence-electron chi connectivity index (χ4n) is 3.47. The summed E-state index contributed by atoms with van der Waals surface area (Å²) in [6.07, 6.45) is 0. The number of anilines is 2. The van der Waals surface area contributed by atoms with Crippen LogP contribution in [-0.2, 0) is 11.8 Å². The number of benzene rings is 2. The van der Waals surface area contributed by atoms with E-state index in [0.29, 0.717) is 16.8 Å². The van der Waals surface area contributed by atoms with Crippen molar-refractivity contribution in [1.82, 2.24) is 9.55 Å². The number of carbonyl (C=O) groups is 1. The number of para-hydroxylation sites is 1. The number of fused-ring (bicyclic) bond motifs is 1. The minimum Gasteiger partial charge on any atom is -0.478 e. The van der Waals surface area contributed by atoms with Crippen molar-refractivity contribution >= 4 is 28.5 Å². The van der Waals surface area contributed by atoms with E-state index in [1.807, 2.05) is 0 Å². The number of aromatic nitrogens is 2. The largest absolute Gasteiger partial charge is 0.478 e. The van der Waals surface area contributed by atoms with Gasteiger partial charge in [-0.05, 0) is 37.6 Å². The van der Waals surface area contributed by atoms with Gasteiger partial charge in [0.2, 0.25) is 5.95 Å². The van der Waals surface area contributed by atoms with E-state index in [2.05, 4.69) is 15.0 Å². The fourth-order valence-corrected chi connectivity index (χ4v) is 3.47. The van der Waals surface area contributed by atoms with Gasteiger partial charge in [-0.25, -0.2) is 9.78 Å². The predicted octanol–water partition coefficient (Wildman–Crippen LogP) is 2.95. The average molecular weight is 431 g/mol. The van der Waals surface area contributed by atoms with E-state index in [0.717, 1.165) is 4.57 Å². The molecule has 1 saturated heterocycles. The number of hydrogen-bond acceptors (Lipinski definition) is 6. The number of aromatic carboxylic acids is 1. The molecule has 0 spiro atoms. The number of carboxylic acids is 1. The minimum absolute atomic E-state index is 0.00467. The van der Waals surface area contributed by atoms with Crippen LogP contribution in [0, 0.1) is 6.92 Å². The number of rotatable bonds is 5. The Morgan fingerprint density at radius 1 is 1.29 bits per heavy atom. The van der Waals surface area contributed by atoms with Gasteiger partial charge in [0.15, 0.2) is 0 Å². The Balaban J connectivity index is 1.98. The van der Waals surface area contributed by atoms with Gasteiger partial charge in [-0.3, -0.25) is 9.36 Å². The van der Waals surface area contributed by atoms with Gasteiger partial charge in [0.1, 0.15) is 0 Å². The lowest BCUT2D eigenvalue weighted by atomic mass is 10.0. The molecule has 8 heteroatoms. The van der Waals surface area contributed by atoms with Crippen molar-refractivity contribution in [2.45, 2.75) is 19.9 Å². The van der Waals surface area contributed by atoms with Crippen LogP contribution in [0.25, 0.3) is 10.9 Å². The third-order valence-electron chi connectivity index (χ3n) is 4.94. The highest BCUT2D eigenvalue weighted by Crippen LogP contribution is 2.29. The van der Waals surface area contributed by atoms with E-state index < -0.39 is 49.6 Å².